The standard InChI is InChI=1S/C23H25N3O5/c1-30-17-6-4-5-16(15-17)21(27)19-20(18-7-2-3-8-24-18)26(23(29)22(19)28)10-9-25-11-13-31-14-12-25/h2-8,15,20,27H,9-14H2,1H3/p+1/t20-/m1/s1. The maximum Gasteiger partial charge on any atom is 0.295 e. The molecule has 31 heavy (non-hydrogen) atoms. The van der Waals surface area contributed by atoms with E-state index in [0.717, 1.165) is 13.1 Å². The largest absolute Gasteiger partial charge is 0.507 e. The van der Waals surface area contributed by atoms with Crippen molar-refractivity contribution in [2.75, 3.05) is 46.5 Å². The zero-order valence-corrected chi connectivity index (χ0v) is 17.4. The molecular formula is C23H26N3O5+. The first-order valence-corrected chi connectivity index (χ1v) is 10.3. The third-order valence-corrected chi connectivity index (χ3v) is 5.76. The molecule has 1 aromatic heterocycles. The second-order valence-corrected chi connectivity index (χ2v) is 7.59. The second-order valence-electron chi connectivity index (χ2n) is 7.59. The van der Waals surface area contributed by atoms with Crippen molar-refractivity contribution < 1.29 is 29.1 Å². The van der Waals surface area contributed by atoms with Crippen LogP contribution in [0.2, 0.25) is 0 Å². The number of benzene rings is 1. The normalized spacial score (nSPS) is 21.5. The van der Waals surface area contributed by atoms with Crippen LogP contribution in [0.1, 0.15) is 17.3 Å². The Labute approximate surface area is 180 Å². The quantitative estimate of drug-likeness (QED) is 0.397. The average molecular weight is 424 g/mol. The highest BCUT2D eigenvalue weighted by molar-refractivity contribution is 6.46. The van der Waals surface area contributed by atoms with E-state index in [9.17, 15) is 14.7 Å². The topological polar surface area (TPSA) is 93.4 Å². The molecule has 0 bridgehead atoms. The highest BCUT2D eigenvalue weighted by Crippen LogP contribution is 2.38. The lowest BCUT2D eigenvalue weighted by molar-refractivity contribution is -0.907. The van der Waals surface area contributed by atoms with E-state index in [2.05, 4.69) is 4.98 Å². The summed E-state index contributed by atoms with van der Waals surface area (Å²) in [6, 6.07) is 11.4. The monoisotopic (exact) mass is 424 g/mol. The van der Waals surface area contributed by atoms with Crippen LogP contribution in [0.5, 0.6) is 5.75 Å². The molecule has 0 radical (unpaired) electrons. The fraction of sp³-hybridized carbons (Fsp3) is 0.348. The van der Waals surface area contributed by atoms with Gasteiger partial charge in [0.05, 0.1) is 44.7 Å². The van der Waals surface area contributed by atoms with E-state index in [1.54, 1.807) is 48.7 Å². The lowest BCUT2D eigenvalue weighted by Crippen LogP contribution is -3.14. The first-order valence-electron chi connectivity index (χ1n) is 10.3. The number of hydrogen-bond acceptors (Lipinski definition) is 6. The summed E-state index contributed by atoms with van der Waals surface area (Å²) in [6.07, 6.45) is 1.62. The van der Waals surface area contributed by atoms with Crippen LogP contribution in [0.25, 0.3) is 5.76 Å². The Balaban J connectivity index is 1.72. The van der Waals surface area contributed by atoms with E-state index in [0.29, 0.717) is 43.3 Å². The van der Waals surface area contributed by atoms with Crippen LogP contribution in [0.4, 0.5) is 0 Å². The van der Waals surface area contributed by atoms with E-state index in [1.807, 2.05) is 0 Å². The number of ketones is 1. The number of morpholine rings is 1. The molecule has 162 valence electrons. The van der Waals surface area contributed by atoms with Gasteiger partial charge in [-0.25, -0.2) is 0 Å². The fourth-order valence-corrected chi connectivity index (χ4v) is 4.07. The molecule has 8 nitrogen and oxygen atoms in total. The smallest absolute Gasteiger partial charge is 0.295 e. The molecule has 0 unspecified atom stereocenters. The Hall–Kier alpha value is -3.23. The van der Waals surface area contributed by atoms with Gasteiger partial charge in [0.25, 0.3) is 11.7 Å². The van der Waals surface area contributed by atoms with Gasteiger partial charge in [-0.15, -0.1) is 0 Å². The Morgan fingerprint density at radius 2 is 2.03 bits per heavy atom. The summed E-state index contributed by atoms with van der Waals surface area (Å²) < 4.78 is 10.6. The van der Waals surface area contributed by atoms with Gasteiger partial charge in [0, 0.05) is 11.8 Å². The van der Waals surface area contributed by atoms with Crippen LogP contribution in [0.3, 0.4) is 0 Å². The number of rotatable bonds is 6. The molecule has 2 fully saturated rings. The predicted molar refractivity (Wildman–Crippen MR) is 113 cm³/mol. The molecule has 8 heteroatoms. The van der Waals surface area contributed by atoms with E-state index in [-0.39, 0.29) is 11.3 Å². The summed E-state index contributed by atoms with van der Waals surface area (Å²) in [7, 11) is 1.53. The first-order chi connectivity index (χ1) is 15.1. The zero-order valence-electron chi connectivity index (χ0n) is 17.4. The molecular weight excluding hydrogens is 398 g/mol. The average Bonchev–Trinajstić information content (AvgIpc) is 3.08. The number of aliphatic hydroxyl groups excluding tert-OH is 1. The number of aromatic nitrogens is 1. The SMILES string of the molecule is COc1cccc(C(O)=C2C(=O)C(=O)N(CC[NH+]3CCOCC3)[C@@H]2c2ccccn2)c1. The summed E-state index contributed by atoms with van der Waals surface area (Å²) in [6.45, 7) is 4.18. The maximum atomic E-state index is 13.0. The van der Waals surface area contributed by atoms with Crippen molar-refractivity contribution in [3.63, 3.8) is 0 Å². The van der Waals surface area contributed by atoms with Crippen molar-refractivity contribution >= 4 is 17.4 Å². The van der Waals surface area contributed by atoms with Gasteiger partial charge in [0.1, 0.15) is 30.6 Å². The molecule has 2 N–H and O–H groups in total. The molecule has 0 aliphatic carbocycles. The van der Waals surface area contributed by atoms with Gasteiger partial charge < -0.3 is 24.4 Å². The van der Waals surface area contributed by atoms with E-state index in [4.69, 9.17) is 9.47 Å². The fourth-order valence-electron chi connectivity index (χ4n) is 4.07. The minimum atomic E-state index is -0.743. The maximum absolute atomic E-state index is 13.0. The van der Waals surface area contributed by atoms with Crippen LogP contribution < -0.4 is 9.64 Å². The number of pyridine rings is 1. The molecule has 2 aliphatic heterocycles. The summed E-state index contributed by atoms with van der Waals surface area (Å²) in [5.74, 6) is -1.00. The van der Waals surface area contributed by atoms with Crippen molar-refractivity contribution in [1.82, 2.24) is 9.88 Å². The lowest BCUT2D eigenvalue weighted by Gasteiger charge is -2.28. The van der Waals surface area contributed by atoms with Crippen LogP contribution in [0.15, 0.2) is 54.2 Å². The number of amides is 1. The summed E-state index contributed by atoms with van der Waals surface area (Å²) in [4.78, 5) is 33.2. The second kappa shape index (κ2) is 9.28. The Bertz CT molecular complexity index is 986. The molecule has 2 aliphatic rings. The van der Waals surface area contributed by atoms with Crippen LogP contribution in [0, 0.1) is 0 Å². The zero-order chi connectivity index (χ0) is 21.8. The van der Waals surface area contributed by atoms with Gasteiger partial charge in [0.2, 0.25) is 0 Å². The number of Topliss-reactive ketones (excluding diaryl/α,β-unsaturated/α-hetero) is 1. The Kier molecular flexibility index (Phi) is 6.29. The lowest BCUT2D eigenvalue weighted by atomic mass is 9.98. The van der Waals surface area contributed by atoms with Gasteiger partial charge in [-0.3, -0.25) is 14.6 Å². The molecule has 0 saturated carbocycles. The molecule has 4 rings (SSSR count). The Morgan fingerprint density at radius 3 is 2.74 bits per heavy atom. The van der Waals surface area contributed by atoms with Gasteiger partial charge in [-0.1, -0.05) is 18.2 Å². The number of nitrogens with one attached hydrogen (secondary N) is 1. The number of carbonyl (C=O) groups excluding carboxylic acids is 2. The molecule has 2 aromatic rings. The Morgan fingerprint density at radius 1 is 1.23 bits per heavy atom. The first kappa shape index (κ1) is 21.0. The number of methoxy groups -OCH3 is 1. The van der Waals surface area contributed by atoms with Crippen LogP contribution in [-0.4, -0.2) is 73.2 Å². The number of likely N-dealkylation sites (tertiary alicyclic amines) is 1. The van der Waals surface area contributed by atoms with Crippen molar-refractivity contribution in [3.8, 4) is 5.75 Å². The van der Waals surface area contributed by atoms with Crippen molar-refractivity contribution in [1.29, 1.82) is 0 Å². The summed E-state index contributed by atoms with van der Waals surface area (Å²) in [5.41, 5.74) is 1.01. The van der Waals surface area contributed by atoms with Gasteiger partial charge >= 0.3 is 0 Å². The summed E-state index contributed by atoms with van der Waals surface area (Å²) >= 11 is 0. The highest BCUT2D eigenvalue weighted by Gasteiger charge is 2.47. The minimum absolute atomic E-state index is 0.0499. The number of aliphatic hydroxyl groups is 1. The van der Waals surface area contributed by atoms with Crippen LogP contribution in [-0.2, 0) is 14.3 Å². The van der Waals surface area contributed by atoms with E-state index in [1.165, 1.54) is 16.9 Å². The minimum Gasteiger partial charge on any atom is -0.507 e. The predicted octanol–water partition coefficient (Wildman–Crippen LogP) is 0.427. The van der Waals surface area contributed by atoms with Gasteiger partial charge in [0.15, 0.2) is 0 Å². The number of nitrogens with zero attached hydrogens (tertiary/aromatic N) is 2. The number of ether oxygens (including phenoxy) is 2. The molecule has 3 heterocycles. The third kappa shape index (κ3) is 4.30. The van der Waals surface area contributed by atoms with Gasteiger partial charge in [-0.2, -0.15) is 0 Å². The number of carbonyl (C=O) groups is 2. The highest BCUT2D eigenvalue weighted by atomic mass is 16.5. The van der Waals surface area contributed by atoms with E-state index < -0.39 is 17.7 Å². The van der Waals surface area contributed by atoms with Crippen LogP contribution >= 0.6 is 0 Å². The van der Waals surface area contributed by atoms with Gasteiger partial charge in [-0.05, 0) is 24.3 Å². The van der Waals surface area contributed by atoms with Crippen molar-refractivity contribution in [2.24, 2.45) is 0 Å². The van der Waals surface area contributed by atoms with Crippen molar-refractivity contribution in [3.05, 3.63) is 65.5 Å². The molecule has 0 spiro atoms. The van der Waals surface area contributed by atoms with E-state index >= 15 is 0 Å². The molecule has 1 atom stereocenters. The molecule has 1 aromatic carbocycles. The number of quaternary nitrogens is 1. The summed E-state index contributed by atoms with van der Waals surface area (Å²) in [5, 5.41) is 11.1. The molecule has 1 amide bonds. The number of hydrogen-bond donors (Lipinski definition) is 2. The molecule has 2 saturated heterocycles. The van der Waals surface area contributed by atoms with Crippen molar-refractivity contribution in [2.45, 2.75) is 6.04 Å². The third-order valence-electron chi connectivity index (χ3n) is 5.76.